The monoisotopic (exact) mass is 392 g/mol. The van der Waals surface area contributed by atoms with Crippen LogP contribution in [0, 0.1) is 0 Å². The average molecular weight is 393 g/mol. The number of imide groups is 1. The smallest absolute Gasteiger partial charge is 0.312 e. The van der Waals surface area contributed by atoms with E-state index in [1.54, 1.807) is 24.3 Å². The molecule has 0 saturated carbocycles. The number of aromatic nitrogens is 1. The molecule has 29 heavy (non-hydrogen) atoms. The number of aryl methyl sites for hydroxylation is 1. The van der Waals surface area contributed by atoms with Crippen molar-refractivity contribution in [1.29, 1.82) is 0 Å². The van der Waals surface area contributed by atoms with Crippen molar-refractivity contribution >= 4 is 11.9 Å². The van der Waals surface area contributed by atoms with Crippen LogP contribution in [0.25, 0.3) is 0 Å². The molecule has 0 radical (unpaired) electrons. The Bertz CT molecular complexity index is 848. The van der Waals surface area contributed by atoms with E-state index < -0.39 is 5.54 Å². The highest BCUT2D eigenvalue weighted by Gasteiger charge is 2.56. The number of nitrogens with zero attached hydrogens (tertiary/aromatic N) is 4. The third-order valence-electron chi connectivity index (χ3n) is 6.33. The summed E-state index contributed by atoms with van der Waals surface area (Å²) in [5, 5.41) is 0. The van der Waals surface area contributed by atoms with Gasteiger partial charge in [-0.2, -0.15) is 0 Å². The van der Waals surface area contributed by atoms with Gasteiger partial charge < -0.3 is 4.90 Å². The number of carbonyl (C=O) groups excluding carboxylic acids is 2. The standard InChI is InChI=1S/C23H28N4O2/c1-25-22(29)27(15-5-8-19-9-13-24-14-10-19)21(28)23(25)11-16-26(17-12-23)18-20-6-3-2-4-7-20/h2-4,6-7,9-10,13-14H,5,8,11-12,15-18H2,1H3. The highest BCUT2D eigenvalue weighted by molar-refractivity contribution is 6.07. The maximum absolute atomic E-state index is 13.2. The first-order valence-corrected chi connectivity index (χ1v) is 10.4. The Morgan fingerprint density at radius 1 is 0.966 bits per heavy atom. The van der Waals surface area contributed by atoms with Crippen molar-refractivity contribution in [3.05, 3.63) is 66.0 Å². The molecule has 3 amide bonds. The van der Waals surface area contributed by atoms with Crippen molar-refractivity contribution in [2.75, 3.05) is 26.7 Å². The average Bonchev–Trinajstić information content (AvgIpc) is 2.93. The largest absolute Gasteiger partial charge is 0.327 e. The number of urea groups is 1. The van der Waals surface area contributed by atoms with Gasteiger partial charge in [-0.1, -0.05) is 30.3 Å². The Morgan fingerprint density at radius 2 is 1.66 bits per heavy atom. The molecule has 4 rings (SSSR count). The molecule has 1 spiro atoms. The first kappa shape index (κ1) is 19.6. The minimum atomic E-state index is -0.666. The molecule has 0 bridgehead atoms. The van der Waals surface area contributed by atoms with Gasteiger partial charge in [-0.15, -0.1) is 0 Å². The molecule has 0 unspecified atom stereocenters. The SMILES string of the molecule is CN1C(=O)N(CCCc2ccncc2)C(=O)C12CCN(Cc1ccccc1)CC2. The van der Waals surface area contributed by atoms with Crippen molar-refractivity contribution in [3.63, 3.8) is 0 Å². The second-order valence-electron chi connectivity index (χ2n) is 8.05. The van der Waals surface area contributed by atoms with Crippen LogP contribution in [0.15, 0.2) is 54.9 Å². The van der Waals surface area contributed by atoms with Crippen molar-refractivity contribution in [3.8, 4) is 0 Å². The summed E-state index contributed by atoms with van der Waals surface area (Å²) in [6.45, 7) is 3.00. The lowest BCUT2D eigenvalue weighted by Crippen LogP contribution is -2.55. The fraction of sp³-hybridized carbons (Fsp3) is 0.435. The van der Waals surface area contributed by atoms with Gasteiger partial charge in [0.1, 0.15) is 5.54 Å². The summed E-state index contributed by atoms with van der Waals surface area (Å²) < 4.78 is 0. The van der Waals surface area contributed by atoms with Gasteiger partial charge in [0, 0.05) is 45.6 Å². The number of likely N-dealkylation sites (N-methyl/N-ethyl adjacent to an activating group) is 1. The molecule has 1 aromatic heterocycles. The summed E-state index contributed by atoms with van der Waals surface area (Å²) in [6.07, 6.45) is 6.54. The van der Waals surface area contributed by atoms with Crippen LogP contribution < -0.4 is 0 Å². The summed E-state index contributed by atoms with van der Waals surface area (Å²) in [4.78, 5) is 35.6. The normalized spacial score (nSPS) is 19.3. The molecule has 2 aromatic rings. The summed E-state index contributed by atoms with van der Waals surface area (Å²) in [5.74, 6) is -0.0147. The highest BCUT2D eigenvalue weighted by Crippen LogP contribution is 2.36. The maximum Gasteiger partial charge on any atom is 0.327 e. The number of likely N-dealkylation sites (tertiary alicyclic amines) is 1. The number of pyridine rings is 1. The Morgan fingerprint density at radius 3 is 2.34 bits per heavy atom. The summed E-state index contributed by atoms with van der Waals surface area (Å²) in [6, 6.07) is 14.2. The van der Waals surface area contributed by atoms with Crippen LogP contribution in [0.1, 0.15) is 30.4 Å². The second-order valence-corrected chi connectivity index (χ2v) is 8.05. The number of rotatable bonds is 6. The van der Waals surface area contributed by atoms with Gasteiger partial charge in [0.25, 0.3) is 5.91 Å². The Balaban J connectivity index is 1.36. The Labute approximate surface area is 172 Å². The molecule has 0 N–H and O–H groups in total. The number of benzene rings is 1. The minimum absolute atomic E-state index is 0.0147. The van der Waals surface area contributed by atoms with Crippen LogP contribution in [0.5, 0.6) is 0 Å². The zero-order valence-electron chi connectivity index (χ0n) is 17.0. The van der Waals surface area contributed by atoms with E-state index in [9.17, 15) is 9.59 Å². The van der Waals surface area contributed by atoms with E-state index in [2.05, 4.69) is 34.1 Å². The van der Waals surface area contributed by atoms with E-state index in [-0.39, 0.29) is 11.9 Å². The van der Waals surface area contributed by atoms with E-state index in [0.717, 1.165) is 32.5 Å². The van der Waals surface area contributed by atoms with Crippen LogP contribution in [-0.4, -0.2) is 63.8 Å². The van der Waals surface area contributed by atoms with Crippen molar-refractivity contribution in [2.24, 2.45) is 0 Å². The van der Waals surface area contributed by atoms with Crippen LogP contribution in [0.4, 0.5) is 4.79 Å². The molecule has 2 fully saturated rings. The lowest BCUT2D eigenvalue weighted by molar-refractivity contribution is -0.135. The van der Waals surface area contributed by atoms with E-state index >= 15 is 0 Å². The molecule has 2 aliphatic rings. The van der Waals surface area contributed by atoms with E-state index in [1.807, 2.05) is 18.2 Å². The molecule has 2 saturated heterocycles. The fourth-order valence-corrected chi connectivity index (χ4v) is 4.51. The number of piperidine rings is 1. The molecule has 0 aliphatic carbocycles. The van der Waals surface area contributed by atoms with Crippen molar-refractivity contribution in [1.82, 2.24) is 19.7 Å². The van der Waals surface area contributed by atoms with Gasteiger partial charge >= 0.3 is 6.03 Å². The predicted octanol–water partition coefficient (Wildman–Crippen LogP) is 2.94. The molecule has 152 valence electrons. The van der Waals surface area contributed by atoms with E-state index in [1.165, 1.54) is 16.0 Å². The van der Waals surface area contributed by atoms with Crippen LogP contribution in [0.3, 0.4) is 0 Å². The zero-order valence-corrected chi connectivity index (χ0v) is 17.0. The zero-order chi connectivity index (χ0) is 20.3. The Hall–Kier alpha value is -2.73. The van der Waals surface area contributed by atoms with E-state index in [4.69, 9.17) is 0 Å². The van der Waals surface area contributed by atoms with Gasteiger partial charge in [-0.05, 0) is 48.9 Å². The third kappa shape index (κ3) is 3.90. The van der Waals surface area contributed by atoms with Gasteiger partial charge in [0.15, 0.2) is 0 Å². The number of hydrogen-bond acceptors (Lipinski definition) is 4. The molecule has 0 atom stereocenters. The quantitative estimate of drug-likeness (QED) is 0.710. The molecule has 1 aromatic carbocycles. The van der Waals surface area contributed by atoms with Gasteiger partial charge in [0.05, 0.1) is 0 Å². The molecule has 6 heteroatoms. The van der Waals surface area contributed by atoms with Crippen molar-refractivity contribution < 1.29 is 9.59 Å². The summed E-state index contributed by atoms with van der Waals surface area (Å²) >= 11 is 0. The number of amides is 3. The van der Waals surface area contributed by atoms with Crippen LogP contribution in [-0.2, 0) is 17.8 Å². The molecular formula is C23H28N4O2. The first-order valence-electron chi connectivity index (χ1n) is 10.4. The number of carbonyl (C=O) groups is 2. The fourth-order valence-electron chi connectivity index (χ4n) is 4.51. The molecule has 2 aliphatic heterocycles. The van der Waals surface area contributed by atoms with Crippen LogP contribution >= 0.6 is 0 Å². The van der Waals surface area contributed by atoms with E-state index in [0.29, 0.717) is 19.4 Å². The first-order chi connectivity index (χ1) is 14.1. The predicted molar refractivity (Wildman–Crippen MR) is 111 cm³/mol. The van der Waals surface area contributed by atoms with Gasteiger partial charge in [-0.25, -0.2) is 4.79 Å². The lowest BCUT2D eigenvalue weighted by Gasteiger charge is -2.40. The molecule has 3 heterocycles. The number of hydrogen-bond donors (Lipinski definition) is 0. The molecule has 6 nitrogen and oxygen atoms in total. The lowest BCUT2D eigenvalue weighted by atomic mass is 9.86. The highest BCUT2D eigenvalue weighted by atomic mass is 16.2. The topological polar surface area (TPSA) is 56.8 Å². The van der Waals surface area contributed by atoms with Gasteiger partial charge in [0.2, 0.25) is 0 Å². The molecular weight excluding hydrogens is 364 g/mol. The summed E-state index contributed by atoms with van der Waals surface area (Å²) in [5.41, 5.74) is 1.79. The Kier molecular flexibility index (Phi) is 5.62. The van der Waals surface area contributed by atoms with Crippen molar-refractivity contribution in [2.45, 2.75) is 37.8 Å². The minimum Gasteiger partial charge on any atom is -0.312 e. The van der Waals surface area contributed by atoms with Crippen LogP contribution in [0.2, 0.25) is 0 Å². The maximum atomic E-state index is 13.2. The third-order valence-corrected chi connectivity index (χ3v) is 6.33. The summed E-state index contributed by atoms with van der Waals surface area (Å²) in [7, 11) is 1.79. The van der Waals surface area contributed by atoms with Gasteiger partial charge in [-0.3, -0.25) is 19.6 Å². The second kappa shape index (κ2) is 8.33.